The first kappa shape index (κ1) is 32.2. The minimum absolute atomic E-state index is 0.173. The maximum Gasteiger partial charge on any atom is 0.410 e. The molecule has 2 fully saturated rings. The van der Waals surface area contributed by atoms with Crippen molar-refractivity contribution in [3.8, 4) is 22.9 Å². The molecule has 1 aromatic carbocycles. The second-order valence-corrected chi connectivity index (χ2v) is 12.8. The summed E-state index contributed by atoms with van der Waals surface area (Å²) in [5, 5.41) is 10.3. The van der Waals surface area contributed by atoms with E-state index < -0.39 is 5.60 Å². The van der Waals surface area contributed by atoms with E-state index in [4.69, 9.17) is 37.7 Å². The first-order valence-electron chi connectivity index (χ1n) is 14.8. The number of aliphatic hydroxyl groups is 1. The first-order valence-corrected chi connectivity index (χ1v) is 15.6. The lowest BCUT2D eigenvalue weighted by molar-refractivity contribution is 0.0240. The molecule has 4 heterocycles. The van der Waals surface area contributed by atoms with E-state index in [1.165, 1.54) is 0 Å². The van der Waals surface area contributed by atoms with E-state index in [0.29, 0.717) is 66.0 Å². The van der Waals surface area contributed by atoms with Gasteiger partial charge in [0, 0.05) is 87.1 Å². The number of amides is 1. The third-order valence-corrected chi connectivity index (χ3v) is 7.79. The van der Waals surface area contributed by atoms with Gasteiger partial charge >= 0.3 is 6.09 Å². The van der Waals surface area contributed by atoms with Gasteiger partial charge < -0.3 is 24.4 Å². The summed E-state index contributed by atoms with van der Waals surface area (Å²) in [5.74, 6) is 1.44. The minimum atomic E-state index is -0.528. The molecule has 11 nitrogen and oxygen atoms in total. The lowest BCUT2D eigenvalue weighted by Crippen LogP contribution is -2.50. The van der Waals surface area contributed by atoms with Crippen LogP contribution >= 0.6 is 23.2 Å². The molecule has 1 amide bonds. The molecule has 5 rings (SSSR count). The number of carbonyl (C=O) groups is 1. The number of anilines is 1. The van der Waals surface area contributed by atoms with Crippen molar-refractivity contribution in [1.29, 1.82) is 0 Å². The van der Waals surface area contributed by atoms with Gasteiger partial charge in [0.05, 0.1) is 24.7 Å². The molecule has 0 radical (unpaired) electrons. The number of pyridine rings is 1. The predicted octanol–water partition coefficient (Wildman–Crippen LogP) is 4.80. The van der Waals surface area contributed by atoms with Crippen molar-refractivity contribution < 1.29 is 19.4 Å². The molecule has 44 heavy (non-hydrogen) atoms. The molecule has 2 aliphatic heterocycles. The second kappa shape index (κ2) is 14.3. The van der Waals surface area contributed by atoms with Crippen LogP contribution in [-0.4, -0.2) is 112 Å². The average molecular weight is 645 g/mol. The van der Waals surface area contributed by atoms with Gasteiger partial charge in [0.15, 0.2) is 5.75 Å². The Morgan fingerprint density at radius 2 is 1.52 bits per heavy atom. The van der Waals surface area contributed by atoms with Crippen LogP contribution in [0.25, 0.3) is 11.3 Å². The molecule has 3 aromatic rings. The number of benzene rings is 1. The van der Waals surface area contributed by atoms with Crippen LogP contribution in [0.2, 0.25) is 10.0 Å². The smallest absolute Gasteiger partial charge is 0.410 e. The monoisotopic (exact) mass is 643 g/mol. The van der Waals surface area contributed by atoms with Gasteiger partial charge in [-0.15, -0.1) is 0 Å². The maximum atomic E-state index is 12.4. The van der Waals surface area contributed by atoms with Crippen LogP contribution in [0.4, 0.5) is 10.7 Å². The summed E-state index contributed by atoms with van der Waals surface area (Å²) in [6.45, 7) is 13.1. The van der Waals surface area contributed by atoms with Crippen molar-refractivity contribution >= 4 is 35.2 Å². The minimum Gasteiger partial charge on any atom is -0.444 e. The fourth-order valence-electron chi connectivity index (χ4n) is 5.18. The Morgan fingerprint density at radius 1 is 0.886 bits per heavy atom. The van der Waals surface area contributed by atoms with Crippen LogP contribution < -0.4 is 9.64 Å². The summed E-state index contributed by atoms with van der Waals surface area (Å²) in [6.07, 6.45) is 2.96. The van der Waals surface area contributed by atoms with E-state index in [0.717, 1.165) is 43.9 Å². The Balaban J connectivity index is 1.28. The summed E-state index contributed by atoms with van der Waals surface area (Å²) in [5.41, 5.74) is 2.00. The number of nitrogens with zero attached hydrogens (tertiary/aromatic N) is 7. The first-order chi connectivity index (χ1) is 21.0. The van der Waals surface area contributed by atoms with Crippen molar-refractivity contribution in [2.45, 2.75) is 32.9 Å². The van der Waals surface area contributed by atoms with Gasteiger partial charge in [-0.05, 0) is 50.6 Å². The molecule has 0 unspecified atom stereocenters. The number of ether oxygens (including phenoxy) is 2. The molecular formula is C31H39Cl2N7O4. The van der Waals surface area contributed by atoms with Gasteiger partial charge in [-0.25, -0.2) is 19.7 Å². The molecule has 0 spiro atoms. The van der Waals surface area contributed by atoms with Crippen LogP contribution in [0.15, 0.2) is 42.7 Å². The normalized spacial score (nSPS) is 16.7. The summed E-state index contributed by atoms with van der Waals surface area (Å²) < 4.78 is 11.7. The number of hydrogen-bond acceptors (Lipinski definition) is 10. The third-order valence-electron chi connectivity index (χ3n) is 7.36. The number of rotatable bonds is 8. The van der Waals surface area contributed by atoms with Crippen LogP contribution in [0.3, 0.4) is 0 Å². The number of aromatic nitrogens is 3. The Bertz CT molecular complexity index is 1400. The van der Waals surface area contributed by atoms with Crippen LogP contribution in [0.5, 0.6) is 11.6 Å². The lowest BCUT2D eigenvalue weighted by Gasteiger charge is -2.35. The van der Waals surface area contributed by atoms with E-state index in [1.807, 2.05) is 49.9 Å². The second-order valence-electron chi connectivity index (χ2n) is 12.0. The highest BCUT2D eigenvalue weighted by Crippen LogP contribution is 2.30. The zero-order valence-electron chi connectivity index (χ0n) is 25.4. The van der Waals surface area contributed by atoms with E-state index in [9.17, 15) is 9.90 Å². The molecule has 0 aliphatic carbocycles. The summed E-state index contributed by atoms with van der Waals surface area (Å²) in [4.78, 5) is 34.6. The van der Waals surface area contributed by atoms with Crippen molar-refractivity contribution in [3.05, 3.63) is 58.3 Å². The van der Waals surface area contributed by atoms with Gasteiger partial charge in [0.25, 0.3) is 0 Å². The fraction of sp³-hybridized carbons (Fsp3) is 0.484. The van der Waals surface area contributed by atoms with Crippen LogP contribution in [-0.2, 0) is 11.3 Å². The topological polar surface area (TPSA) is 107 Å². The number of carbonyl (C=O) groups excluding carboxylic acids is 1. The number of aliphatic hydroxyl groups excluding tert-OH is 1. The number of β-amino-alcohol motifs (C(OH)–C–C–N with tert-alkyl or cyclic N) is 1. The van der Waals surface area contributed by atoms with Crippen molar-refractivity contribution in [3.63, 3.8) is 0 Å². The predicted molar refractivity (Wildman–Crippen MR) is 171 cm³/mol. The fourth-order valence-corrected chi connectivity index (χ4v) is 5.71. The molecule has 0 atom stereocenters. The molecular weight excluding hydrogens is 605 g/mol. The Labute approximate surface area is 268 Å². The lowest BCUT2D eigenvalue weighted by atomic mass is 10.1. The molecule has 0 bridgehead atoms. The van der Waals surface area contributed by atoms with Gasteiger partial charge in [-0.2, -0.15) is 0 Å². The van der Waals surface area contributed by atoms with Gasteiger partial charge in [0.2, 0.25) is 11.8 Å². The Hall–Kier alpha value is -3.22. The Kier molecular flexibility index (Phi) is 10.4. The highest BCUT2D eigenvalue weighted by Gasteiger charge is 2.27. The largest absolute Gasteiger partial charge is 0.444 e. The van der Waals surface area contributed by atoms with E-state index in [1.54, 1.807) is 23.4 Å². The highest BCUT2D eigenvalue weighted by molar-refractivity contribution is 6.35. The molecule has 2 saturated heterocycles. The van der Waals surface area contributed by atoms with Gasteiger partial charge in [-0.3, -0.25) is 9.80 Å². The highest BCUT2D eigenvalue weighted by atomic mass is 35.5. The third kappa shape index (κ3) is 8.92. The van der Waals surface area contributed by atoms with E-state index >= 15 is 0 Å². The maximum absolute atomic E-state index is 12.4. The summed E-state index contributed by atoms with van der Waals surface area (Å²) >= 11 is 12.6. The number of piperazine rings is 2. The summed E-state index contributed by atoms with van der Waals surface area (Å²) in [7, 11) is 0. The van der Waals surface area contributed by atoms with E-state index in [2.05, 4.69) is 19.8 Å². The van der Waals surface area contributed by atoms with Crippen LogP contribution in [0, 0.1) is 0 Å². The molecule has 2 aromatic heterocycles. The van der Waals surface area contributed by atoms with Crippen molar-refractivity contribution in [1.82, 2.24) is 29.7 Å². The standard InChI is InChI=1S/C31H39Cl2N7O4/c1-31(2,3)44-30(42)40-10-8-39(9-11-40)29-34-19-26(20-35-29)43-28-15-22(21-38-6-4-37(5-7-38)12-13-41)14-27(36-28)23-16-24(32)18-25(33)17-23/h14-20,41H,4-13,21H2,1-3H3. The molecule has 0 saturated carbocycles. The molecule has 2 aliphatic rings. The molecule has 236 valence electrons. The summed E-state index contributed by atoms with van der Waals surface area (Å²) in [6, 6.07) is 9.32. The van der Waals surface area contributed by atoms with Gasteiger partial charge in [0.1, 0.15) is 5.60 Å². The van der Waals surface area contributed by atoms with E-state index in [-0.39, 0.29) is 12.7 Å². The molecule has 13 heteroatoms. The van der Waals surface area contributed by atoms with Gasteiger partial charge in [-0.1, -0.05) is 23.2 Å². The Morgan fingerprint density at radius 3 is 2.14 bits per heavy atom. The molecule has 1 N–H and O–H groups in total. The average Bonchev–Trinajstić information content (AvgIpc) is 2.97. The number of hydrogen-bond donors (Lipinski definition) is 1. The SMILES string of the molecule is CC(C)(C)OC(=O)N1CCN(c2ncc(Oc3cc(CN4CCN(CCO)CC4)cc(-c4cc(Cl)cc(Cl)c4)n3)cn2)CC1. The number of halogens is 2. The van der Waals surface area contributed by atoms with Crippen LogP contribution in [0.1, 0.15) is 26.3 Å². The van der Waals surface area contributed by atoms with Crippen molar-refractivity contribution in [2.75, 3.05) is 70.4 Å². The zero-order valence-corrected chi connectivity index (χ0v) is 26.9. The zero-order chi connectivity index (χ0) is 31.3. The van der Waals surface area contributed by atoms with Crippen molar-refractivity contribution in [2.24, 2.45) is 0 Å². The quantitative estimate of drug-likeness (QED) is 0.368.